The van der Waals surface area contributed by atoms with Crippen LogP contribution in [0.5, 0.6) is 5.75 Å². The number of ether oxygens (including phenoxy) is 3. The van der Waals surface area contributed by atoms with Gasteiger partial charge in [0.05, 0.1) is 14.2 Å². The summed E-state index contributed by atoms with van der Waals surface area (Å²) in [4.78, 5) is 16.4. The summed E-state index contributed by atoms with van der Waals surface area (Å²) in [7, 11) is 2.88. The Balaban J connectivity index is 1.91. The minimum atomic E-state index is -0.836. The molecule has 1 aliphatic heterocycles. The van der Waals surface area contributed by atoms with Gasteiger partial charge in [0.15, 0.2) is 12.1 Å². The molecule has 2 aromatic rings. The number of aliphatic imine (C=N–C) groups is 1. The number of hydrogen-bond donors (Lipinski definition) is 0. The Labute approximate surface area is 138 Å². The van der Waals surface area contributed by atoms with Crippen molar-refractivity contribution in [3.63, 3.8) is 0 Å². The van der Waals surface area contributed by atoms with Crippen molar-refractivity contribution in [3.05, 3.63) is 65.5 Å². The lowest BCUT2D eigenvalue weighted by molar-refractivity contribution is -0.143. The molecule has 124 valence electrons. The van der Waals surface area contributed by atoms with E-state index < -0.39 is 18.1 Å². The van der Waals surface area contributed by atoms with E-state index in [9.17, 15) is 9.18 Å². The summed E-state index contributed by atoms with van der Waals surface area (Å²) < 4.78 is 28.9. The zero-order chi connectivity index (χ0) is 17.1. The van der Waals surface area contributed by atoms with E-state index in [1.54, 1.807) is 43.5 Å². The fourth-order valence-corrected chi connectivity index (χ4v) is 2.49. The van der Waals surface area contributed by atoms with E-state index in [-0.39, 0.29) is 5.82 Å². The number of benzene rings is 2. The molecule has 0 N–H and O–H groups in total. The standard InChI is InChI=1S/C18H16FNO4/c1-22-14-9-5-12(6-10-14)17-20-15(18(21)23-2)16(24-17)11-3-7-13(19)8-4-11/h3-10,15-16H,1-2H3/t15-,16-/m0/s1. The molecule has 2 aromatic carbocycles. The summed E-state index contributed by atoms with van der Waals surface area (Å²) in [6.07, 6.45) is -0.657. The SMILES string of the molecule is COC(=O)[C@H]1N=C(c2ccc(OC)cc2)O[C@H]1c1ccc(F)cc1. The van der Waals surface area contributed by atoms with Gasteiger partial charge in [0.1, 0.15) is 11.6 Å². The van der Waals surface area contributed by atoms with E-state index in [0.29, 0.717) is 22.8 Å². The first-order chi connectivity index (χ1) is 11.6. The molecule has 6 heteroatoms. The van der Waals surface area contributed by atoms with Gasteiger partial charge >= 0.3 is 5.97 Å². The van der Waals surface area contributed by atoms with E-state index in [4.69, 9.17) is 14.2 Å². The van der Waals surface area contributed by atoms with Crippen molar-refractivity contribution in [2.45, 2.75) is 12.1 Å². The van der Waals surface area contributed by atoms with Crippen LogP contribution in [0.2, 0.25) is 0 Å². The fourth-order valence-electron chi connectivity index (χ4n) is 2.49. The molecular weight excluding hydrogens is 313 g/mol. The van der Waals surface area contributed by atoms with Gasteiger partial charge < -0.3 is 14.2 Å². The molecule has 0 radical (unpaired) electrons. The Morgan fingerprint density at radius 2 is 1.75 bits per heavy atom. The van der Waals surface area contributed by atoms with Crippen LogP contribution in [0, 0.1) is 5.82 Å². The van der Waals surface area contributed by atoms with Gasteiger partial charge in [-0.25, -0.2) is 14.2 Å². The Hall–Kier alpha value is -2.89. The Morgan fingerprint density at radius 3 is 2.33 bits per heavy atom. The van der Waals surface area contributed by atoms with Gasteiger partial charge in [-0.2, -0.15) is 0 Å². The molecule has 0 aliphatic carbocycles. The van der Waals surface area contributed by atoms with Crippen LogP contribution in [-0.4, -0.2) is 32.1 Å². The first-order valence-electron chi connectivity index (χ1n) is 7.34. The predicted octanol–water partition coefficient (Wildman–Crippen LogP) is 2.89. The third-order valence-electron chi connectivity index (χ3n) is 3.76. The van der Waals surface area contributed by atoms with Crippen molar-refractivity contribution < 1.29 is 23.4 Å². The highest BCUT2D eigenvalue weighted by atomic mass is 19.1. The summed E-state index contributed by atoms with van der Waals surface area (Å²) >= 11 is 0. The third kappa shape index (κ3) is 3.08. The smallest absolute Gasteiger partial charge is 0.335 e. The maximum Gasteiger partial charge on any atom is 0.335 e. The minimum absolute atomic E-state index is 0.336. The first kappa shape index (κ1) is 16.0. The molecule has 0 aromatic heterocycles. The van der Waals surface area contributed by atoms with Crippen LogP contribution in [0.25, 0.3) is 0 Å². The zero-order valence-electron chi connectivity index (χ0n) is 13.2. The second-order valence-electron chi connectivity index (χ2n) is 5.22. The van der Waals surface area contributed by atoms with Gasteiger partial charge in [-0.3, -0.25) is 0 Å². The van der Waals surface area contributed by atoms with E-state index in [1.807, 2.05) is 0 Å². The number of rotatable bonds is 4. The van der Waals surface area contributed by atoms with E-state index in [0.717, 1.165) is 0 Å². The molecule has 0 spiro atoms. The van der Waals surface area contributed by atoms with Crippen molar-refractivity contribution in [1.29, 1.82) is 0 Å². The van der Waals surface area contributed by atoms with Crippen molar-refractivity contribution in [2.24, 2.45) is 4.99 Å². The Bertz CT molecular complexity index is 756. The van der Waals surface area contributed by atoms with Crippen LogP contribution in [0.15, 0.2) is 53.5 Å². The van der Waals surface area contributed by atoms with Crippen LogP contribution in [0.1, 0.15) is 17.2 Å². The molecule has 5 nitrogen and oxygen atoms in total. The van der Waals surface area contributed by atoms with Crippen LogP contribution in [0.4, 0.5) is 4.39 Å². The van der Waals surface area contributed by atoms with E-state index in [1.165, 1.54) is 19.2 Å². The average molecular weight is 329 g/mol. The second-order valence-corrected chi connectivity index (χ2v) is 5.22. The van der Waals surface area contributed by atoms with Gasteiger partial charge in [-0.15, -0.1) is 0 Å². The predicted molar refractivity (Wildman–Crippen MR) is 85.6 cm³/mol. The maximum absolute atomic E-state index is 13.1. The quantitative estimate of drug-likeness (QED) is 0.809. The molecule has 24 heavy (non-hydrogen) atoms. The van der Waals surface area contributed by atoms with E-state index >= 15 is 0 Å². The average Bonchev–Trinajstić information content (AvgIpc) is 3.07. The monoisotopic (exact) mass is 329 g/mol. The summed E-state index contributed by atoms with van der Waals surface area (Å²) in [5.74, 6) is 0.176. The summed E-state index contributed by atoms with van der Waals surface area (Å²) in [5.41, 5.74) is 1.37. The molecule has 0 bridgehead atoms. The van der Waals surface area contributed by atoms with Crippen LogP contribution >= 0.6 is 0 Å². The van der Waals surface area contributed by atoms with Crippen molar-refractivity contribution in [2.75, 3.05) is 14.2 Å². The lowest BCUT2D eigenvalue weighted by Gasteiger charge is -2.16. The normalized spacial score (nSPS) is 19.4. The molecule has 0 saturated carbocycles. The van der Waals surface area contributed by atoms with Crippen molar-refractivity contribution in [1.82, 2.24) is 0 Å². The highest BCUT2D eigenvalue weighted by Gasteiger charge is 2.38. The highest BCUT2D eigenvalue weighted by Crippen LogP contribution is 2.32. The van der Waals surface area contributed by atoms with E-state index in [2.05, 4.69) is 4.99 Å². The summed E-state index contributed by atoms with van der Waals surface area (Å²) in [6.45, 7) is 0. The van der Waals surface area contributed by atoms with Crippen molar-refractivity contribution >= 4 is 11.9 Å². The molecule has 2 atom stereocenters. The van der Waals surface area contributed by atoms with Gasteiger partial charge in [-0.1, -0.05) is 12.1 Å². The number of esters is 1. The van der Waals surface area contributed by atoms with Crippen LogP contribution in [-0.2, 0) is 14.3 Å². The zero-order valence-corrected chi connectivity index (χ0v) is 13.2. The number of carbonyl (C=O) groups excluding carboxylic acids is 1. The molecule has 0 fully saturated rings. The molecule has 1 aliphatic rings. The number of carbonyl (C=O) groups is 1. The van der Waals surface area contributed by atoms with Crippen LogP contribution < -0.4 is 4.74 Å². The molecule has 0 amide bonds. The van der Waals surface area contributed by atoms with Crippen molar-refractivity contribution in [3.8, 4) is 5.75 Å². The van der Waals surface area contributed by atoms with Crippen LogP contribution in [0.3, 0.4) is 0 Å². The molecule has 1 heterocycles. The van der Waals surface area contributed by atoms with Gasteiger partial charge in [-0.05, 0) is 42.0 Å². The topological polar surface area (TPSA) is 57.1 Å². The first-order valence-corrected chi connectivity index (χ1v) is 7.34. The minimum Gasteiger partial charge on any atom is -0.497 e. The Kier molecular flexibility index (Phi) is 4.46. The molecule has 3 rings (SSSR count). The number of halogens is 1. The van der Waals surface area contributed by atoms with Gasteiger partial charge in [0.2, 0.25) is 5.90 Å². The second kappa shape index (κ2) is 6.70. The van der Waals surface area contributed by atoms with Gasteiger partial charge in [0.25, 0.3) is 0 Å². The summed E-state index contributed by atoms with van der Waals surface area (Å²) in [5, 5.41) is 0. The lowest BCUT2D eigenvalue weighted by Crippen LogP contribution is -2.25. The fraction of sp³-hybridized carbons (Fsp3) is 0.222. The maximum atomic E-state index is 13.1. The lowest BCUT2D eigenvalue weighted by atomic mass is 10.0. The number of methoxy groups -OCH3 is 2. The summed E-state index contributed by atoms with van der Waals surface area (Å²) in [6, 6.07) is 12.1. The Morgan fingerprint density at radius 1 is 1.08 bits per heavy atom. The van der Waals surface area contributed by atoms with Gasteiger partial charge in [0, 0.05) is 5.56 Å². The molecule has 0 unspecified atom stereocenters. The largest absolute Gasteiger partial charge is 0.497 e. The number of nitrogens with zero attached hydrogens (tertiary/aromatic N) is 1. The number of hydrogen-bond acceptors (Lipinski definition) is 5. The highest BCUT2D eigenvalue weighted by molar-refractivity contribution is 5.98. The molecule has 0 saturated heterocycles. The molecular formula is C18H16FNO4. The third-order valence-corrected chi connectivity index (χ3v) is 3.76.